The number of carbonyl (C=O) groups excluding carboxylic acids is 2. The number of ether oxygens (including phenoxy) is 1. The highest BCUT2D eigenvalue weighted by molar-refractivity contribution is 6.02. The Balaban J connectivity index is 1.69. The zero-order chi connectivity index (χ0) is 19.2. The molecule has 0 spiro atoms. The molecule has 1 saturated heterocycles. The van der Waals surface area contributed by atoms with Crippen LogP contribution in [0.3, 0.4) is 0 Å². The van der Waals surface area contributed by atoms with Gasteiger partial charge in [-0.1, -0.05) is 24.1 Å². The predicted molar refractivity (Wildman–Crippen MR) is 105 cm³/mol. The van der Waals surface area contributed by atoms with Gasteiger partial charge in [-0.05, 0) is 43.2 Å². The molecule has 1 unspecified atom stereocenters. The van der Waals surface area contributed by atoms with Crippen molar-refractivity contribution in [1.29, 1.82) is 0 Å². The summed E-state index contributed by atoms with van der Waals surface area (Å²) < 4.78 is 5.35. The summed E-state index contributed by atoms with van der Waals surface area (Å²) in [4.78, 5) is 26.9. The molecule has 1 atom stereocenters. The third-order valence-electron chi connectivity index (χ3n) is 4.41. The van der Waals surface area contributed by atoms with Crippen LogP contribution >= 0.6 is 0 Å². The molecule has 0 aliphatic carbocycles. The molecular formula is C21H21N3O3. The van der Waals surface area contributed by atoms with Crippen LogP contribution in [0.5, 0.6) is 5.75 Å². The van der Waals surface area contributed by atoms with Crippen LogP contribution in [0.1, 0.15) is 18.4 Å². The summed E-state index contributed by atoms with van der Waals surface area (Å²) >= 11 is 0. The molecule has 6 nitrogen and oxygen atoms in total. The minimum absolute atomic E-state index is 0.154. The number of methoxy groups -OCH3 is 1. The average molecular weight is 363 g/mol. The Morgan fingerprint density at radius 1 is 1.26 bits per heavy atom. The van der Waals surface area contributed by atoms with E-state index in [9.17, 15) is 9.59 Å². The first kappa shape index (κ1) is 18.3. The van der Waals surface area contributed by atoms with Gasteiger partial charge in [-0.3, -0.25) is 4.79 Å². The van der Waals surface area contributed by atoms with Crippen molar-refractivity contribution in [2.75, 3.05) is 23.9 Å². The van der Waals surface area contributed by atoms with Crippen molar-refractivity contribution in [3.63, 3.8) is 0 Å². The molecule has 1 fully saturated rings. The van der Waals surface area contributed by atoms with Crippen molar-refractivity contribution in [3.8, 4) is 18.1 Å². The van der Waals surface area contributed by atoms with Crippen LogP contribution < -0.4 is 20.3 Å². The third-order valence-corrected chi connectivity index (χ3v) is 4.41. The fraction of sp³-hybridized carbons (Fsp3) is 0.238. The Morgan fingerprint density at radius 2 is 2.07 bits per heavy atom. The summed E-state index contributed by atoms with van der Waals surface area (Å²) in [5.41, 5.74) is 1.95. The Hall–Kier alpha value is -3.46. The number of amides is 3. The number of hydrogen-bond donors (Lipinski definition) is 2. The Kier molecular flexibility index (Phi) is 5.62. The fourth-order valence-electron chi connectivity index (χ4n) is 3.11. The van der Waals surface area contributed by atoms with E-state index in [1.807, 2.05) is 24.3 Å². The van der Waals surface area contributed by atoms with Crippen LogP contribution in [0.25, 0.3) is 0 Å². The SMILES string of the molecule is C#Cc1cccc(NC(=O)NC2CCCN(c3ccccc3OC)C2=O)c1. The van der Waals surface area contributed by atoms with Gasteiger partial charge in [0.05, 0.1) is 12.8 Å². The molecule has 1 heterocycles. The molecule has 2 N–H and O–H groups in total. The van der Waals surface area contributed by atoms with Gasteiger partial charge in [0, 0.05) is 17.8 Å². The van der Waals surface area contributed by atoms with E-state index in [0.29, 0.717) is 35.7 Å². The first-order valence-corrected chi connectivity index (χ1v) is 8.71. The second-order valence-corrected chi connectivity index (χ2v) is 6.18. The molecule has 138 valence electrons. The van der Waals surface area contributed by atoms with Gasteiger partial charge in [-0.25, -0.2) is 4.79 Å². The highest BCUT2D eigenvalue weighted by Crippen LogP contribution is 2.30. The molecule has 0 radical (unpaired) electrons. The normalized spacial score (nSPS) is 16.4. The first-order valence-electron chi connectivity index (χ1n) is 8.71. The van der Waals surface area contributed by atoms with Crippen LogP contribution in [0.2, 0.25) is 0 Å². The number of benzene rings is 2. The second-order valence-electron chi connectivity index (χ2n) is 6.18. The zero-order valence-corrected chi connectivity index (χ0v) is 15.1. The molecule has 0 aromatic heterocycles. The van der Waals surface area contributed by atoms with Gasteiger partial charge >= 0.3 is 6.03 Å². The van der Waals surface area contributed by atoms with Gasteiger partial charge in [-0.2, -0.15) is 0 Å². The first-order chi connectivity index (χ1) is 13.1. The maximum atomic E-state index is 12.9. The lowest BCUT2D eigenvalue weighted by Crippen LogP contribution is -2.53. The molecule has 0 saturated carbocycles. The Morgan fingerprint density at radius 3 is 2.85 bits per heavy atom. The molecule has 0 bridgehead atoms. The number of nitrogens with one attached hydrogen (secondary N) is 2. The van der Waals surface area contributed by atoms with Crippen LogP contribution in [0.4, 0.5) is 16.2 Å². The number of terminal acetylenes is 1. The van der Waals surface area contributed by atoms with Gasteiger partial charge in [0.2, 0.25) is 5.91 Å². The van der Waals surface area contributed by atoms with E-state index in [1.54, 1.807) is 36.3 Å². The largest absolute Gasteiger partial charge is 0.495 e. The minimum Gasteiger partial charge on any atom is -0.495 e. The van der Waals surface area contributed by atoms with Crippen LogP contribution in [-0.4, -0.2) is 31.6 Å². The quantitative estimate of drug-likeness (QED) is 0.821. The molecule has 6 heteroatoms. The number of hydrogen-bond acceptors (Lipinski definition) is 3. The van der Waals surface area contributed by atoms with Gasteiger partial charge in [0.1, 0.15) is 11.8 Å². The summed E-state index contributed by atoms with van der Waals surface area (Å²) in [6.07, 6.45) is 6.74. The molecule has 1 aliphatic rings. The van der Waals surface area contributed by atoms with Crippen molar-refractivity contribution in [2.45, 2.75) is 18.9 Å². The van der Waals surface area contributed by atoms with Crippen LogP contribution in [-0.2, 0) is 4.79 Å². The van der Waals surface area contributed by atoms with Gasteiger partial charge < -0.3 is 20.3 Å². The smallest absolute Gasteiger partial charge is 0.319 e. The summed E-state index contributed by atoms with van der Waals surface area (Å²) in [5.74, 6) is 2.99. The van der Waals surface area contributed by atoms with E-state index < -0.39 is 12.1 Å². The highest BCUT2D eigenvalue weighted by Gasteiger charge is 2.32. The topological polar surface area (TPSA) is 70.7 Å². The number of piperidine rings is 1. The monoisotopic (exact) mass is 363 g/mol. The maximum Gasteiger partial charge on any atom is 0.319 e. The van der Waals surface area contributed by atoms with E-state index in [2.05, 4.69) is 16.6 Å². The molecule has 2 aromatic carbocycles. The third kappa shape index (κ3) is 4.21. The van der Waals surface area contributed by atoms with Gasteiger partial charge in [0.15, 0.2) is 0 Å². The van der Waals surface area contributed by atoms with E-state index >= 15 is 0 Å². The number of nitrogens with zero attached hydrogens (tertiary/aromatic N) is 1. The molecule has 1 aliphatic heterocycles. The number of anilines is 2. The number of urea groups is 1. The van der Waals surface area contributed by atoms with Crippen molar-refractivity contribution in [2.24, 2.45) is 0 Å². The number of rotatable bonds is 4. The van der Waals surface area contributed by atoms with Crippen molar-refractivity contribution in [1.82, 2.24) is 5.32 Å². The molecule has 3 rings (SSSR count). The van der Waals surface area contributed by atoms with E-state index in [4.69, 9.17) is 11.2 Å². The maximum absolute atomic E-state index is 12.9. The summed E-state index contributed by atoms with van der Waals surface area (Å²) in [6, 6.07) is 13.3. The second kappa shape index (κ2) is 8.28. The lowest BCUT2D eigenvalue weighted by molar-refractivity contribution is -0.121. The highest BCUT2D eigenvalue weighted by atomic mass is 16.5. The lowest BCUT2D eigenvalue weighted by atomic mass is 10.0. The van der Waals surface area contributed by atoms with E-state index in [0.717, 1.165) is 6.42 Å². The van der Waals surface area contributed by atoms with Crippen LogP contribution in [0.15, 0.2) is 48.5 Å². The number of carbonyl (C=O) groups is 2. The molecule has 2 aromatic rings. The summed E-state index contributed by atoms with van der Waals surface area (Å²) in [5, 5.41) is 5.48. The zero-order valence-electron chi connectivity index (χ0n) is 15.1. The summed E-state index contributed by atoms with van der Waals surface area (Å²) in [7, 11) is 1.57. The predicted octanol–water partition coefficient (Wildman–Crippen LogP) is 2.99. The van der Waals surface area contributed by atoms with E-state index in [1.165, 1.54) is 0 Å². The Labute approximate surface area is 158 Å². The van der Waals surface area contributed by atoms with Crippen LogP contribution in [0, 0.1) is 12.3 Å². The average Bonchev–Trinajstić information content (AvgIpc) is 2.69. The minimum atomic E-state index is -0.598. The molecular weight excluding hydrogens is 342 g/mol. The fourth-order valence-corrected chi connectivity index (χ4v) is 3.11. The summed E-state index contributed by atoms with van der Waals surface area (Å²) in [6.45, 7) is 0.587. The number of para-hydroxylation sites is 2. The van der Waals surface area contributed by atoms with Gasteiger partial charge in [-0.15, -0.1) is 6.42 Å². The Bertz CT molecular complexity index is 888. The van der Waals surface area contributed by atoms with Crippen molar-refractivity contribution < 1.29 is 14.3 Å². The van der Waals surface area contributed by atoms with Gasteiger partial charge in [0.25, 0.3) is 0 Å². The lowest BCUT2D eigenvalue weighted by Gasteiger charge is -2.33. The molecule has 3 amide bonds. The van der Waals surface area contributed by atoms with Crippen molar-refractivity contribution in [3.05, 3.63) is 54.1 Å². The van der Waals surface area contributed by atoms with E-state index in [-0.39, 0.29) is 5.91 Å². The standard InChI is InChI=1S/C21H21N3O3/c1-3-15-8-6-9-16(14-15)22-21(26)23-17-10-7-13-24(20(17)25)18-11-4-5-12-19(18)27-2/h1,4-6,8-9,11-12,14,17H,7,10,13H2,2H3,(H2,22,23,26). The molecule has 27 heavy (non-hydrogen) atoms. The van der Waals surface area contributed by atoms with Crippen molar-refractivity contribution >= 4 is 23.3 Å².